The summed E-state index contributed by atoms with van der Waals surface area (Å²) in [7, 11) is 0. The molecule has 128 valence electrons. The van der Waals surface area contributed by atoms with E-state index in [9.17, 15) is 0 Å². The summed E-state index contributed by atoms with van der Waals surface area (Å²) in [6.45, 7) is 0. The second kappa shape index (κ2) is 6.83. The van der Waals surface area contributed by atoms with Crippen molar-refractivity contribution < 1.29 is 0 Å². The number of hydrogen-bond donors (Lipinski definition) is 1. The van der Waals surface area contributed by atoms with Crippen LogP contribution in [-0.4, -0.2) is 15.0 Å². The van der Waals surface area contributed by atoms with Crippen molar-refractivity contribution in [2.24, 2.45) is 0 Å². The fourth-order valence-electron chi connectivity index (χ4n) is 2.77. The maximum atomic E-state index is 6.17. The van der Waals surface area contributed by atoms with Gasteiger partial charge in [-0.3, -0.25) is 0 Å². The van der Waals surface area contributed by atoms with Crippen LogP contribution in [0.15, 0.2) is 59.3 Å². The van der Waals surface area contributed by atoms with E-state index in [0.717, 1.165) is 32.2 Å². The third-order valence-electron chi connectivity index (χ3n) is 3.98. The van der Waals surface area contributed by atoms with E-state index in [1.165, 1.54) is 6.33 Å². The number of halogens is 3. The van der Waals surface area contributed by atoms with Gasteiger partial charge in [0.15, 0.2) is 5.65 Å². The molecule has 0 aliphatic carbocycles. The predicted molar refractivity (Wildman–Crippen MR) is 110 cm³/mol. The van der Waals surface area contributed by atoms with Crippen molar-refractivity contribution in [3.05, 3.63) is 69.4 Å². The summed E-state index contributed by atoms with van der Waals surface area (Å²) in [6, 6.07) is 15.3. The number of pyridine rings is 1. The summed E-state index contributed by atoms with van der Waals surface area (Å²) in [5.41, 5.74) is 10.1. The first-order valence-corrected chi connectivity index (χ1v) is 9.20. The molecule has 2 heterocycles. The lowest BCUT2D eigenvalue weighted by Crippen LogP contribution is -1.98. The van der Waals surface area contributed by atoms with E-state index in [2.05, 4.69) is 30.9 Å². The minimum absolute atomic E-state index is 0.387. The van der Waals surface area contributed by atoms with E-state index in [-0.39, 0.29) is 0 Å². The lowest BCUT2D eigenvalue weighted by molar-refractivity contribution is 1.19. The Kier molecular flexibility index (Phi) is 4.53. The Hall–Kier alpha value is -2.21. The van der Waals surface area contributed by atoms with Crippen LogP contribution in [0.2, 0.25) is 10.0 Å². The van der Waals surface area contributed by atoms with E-state index in [1.54, 1.807) is 12.1 Å². The SMILES string of the molecule is Nc1ncnc2nc(-c3ccc(Cl)c(Cl)c3)cc(-c3cccc(Br)c3)c12. The van der Waals surface area contributed by atoms with Gasteiger partial charge in [0.1, 0.15) is 12.1 Å². The van der Waals surface area contributed by atoms with Gasteiger partial charge < -0.3 is 5.73 Å². The number of nitrogens with zero attached hydrogens (tertiary/aromatic N) is 3. The van der Waals surface area contributed by atoms with Crippen LogP contribution in [0.1, 0.15) is 0 Å². The summed E-state index contributed by atoms with van der Waals surface area (Å²) < 4.78 is 0.964. The molecule has 4 aromatic rings. The van der Waals surface area contributed by atoms with Crippen molar-refractivity contribution in [2.45, 2.75) is 0 Å². The molecule has 0 aliphatic rings. The molecule has 0 saturated heterocycles. The van der Waals surface area contributed by atoms with Crippen LogP contribution in [0, 0.1) is 0 Å². The van der Waals surface area contributed by atoms with E-state index >= 15 is 0 Å². The lowest BCUT2D eigenvalue weighted by atomic mass is 10.00. The summed E-state index contributed by atoms with van der Waals surface area (Å²) in [4.78, 5) is 13.1. The molecule has 2 aromatic heterocycles. The molecule has 2 aromatic carbocycles. The third-order valence-corrected chi connectivity index (χ3v) is 5.22. The predicted octanol–water partition coefficient (Wildman–Crippen LogP) is 6.01. The molecule has 0 atom stereocenters. The zero-order chi connectivity index (χ0) is 18.3. The molecule has 0 bridgehead atoms. The normalized spacial score (nSPS) is 11.0. The minimum atomic E-state index is 0.387. The van der Waals surface area contributed by atoms with Crippen LogP contribution in [0.4, 0.5) is 5.82 Å². The van der Waals surface area contributed by atoms with Gasteiger partial charge in [-0.1, -0.05) is 57.3 Å². The van der Waals surface area contributed by atoms with Crippen LogP contribution < -0.4 is 5.73 Å². The van der Waals surface area contributed by atoms with Crippen LogP contribution >= 0.6 is 39.1 Å². The van der Waals surface area contributed by atoms with E-state index < -0.39 is 0 Å². The molecule has 4 nitrogen and oxygen atoms in total. The van der Waals surface area contributed by atoms with E-state index in [0.29, 0.717) is 21.5 Å². The Morgan fingerprint density at radius 2 is 1.73 bits per heavy atom. The number of nitrogen functional groups attached to an aromatic ring is 1. The fraction of sp³-hybridized carbons (Fsp3) is 0. The highest BCUT2D eigenvalue weighted by Gasteiger charge is 2.14. The van der Waals surface area contributed by atoms with Gasteiger partial charge in [0.05, 0.1) is 21.1 Å². The molecule has 0 saturated carbocycles. The molecule has 26 heavy (non-hydrogen) atoms. The summed E-state index contributed by atoms with van der Waals surface area (Å²) in [6.07, 6.45) is 1.41. The first-order chi connectivity index (χ1) is 12.5. The number of nitrogens with two attached hydrogens (primary N) is 1. The molecule has 0 spiro atoms. The van der Waals surface area contributed by atoms with Gasteiger partial charge in [0.2, 0.25) is 0 Å². The van der Waals surface area contributed by atoms with Crippen molar-refractivity contribution in [3.63, 3.8) is 0 Å². The minimum Gasteiger partial charge on any atom is -0.383 e. The van der Waals surface area contributed by atoms with Crippen LogP contribution in [0.3, 0.4) is 0 Å². The van der Waals surface area contributed by atoms with Crippen LogP contribution in [0.5, 0.6) is 0 Å². The molecule has 7 heteroatoms. The van der Waals surface area contributed by atoms with Crippen molar-refractivity contribution in [1.29, 1.82) is 0 Å². The zero-order valence-electron chi connectivity index (χ0n) is 13.2. The van der Waals surface area contributed by atoms with Crippen molar-refractivity contribution >= 4 is 56.0 Å². The standard InChI is InChI=1S/C19H11BrCl2N4/c20-12-3-1-2-10(6-12)13-8-16(11-4-5-14(21)15(22)7-11)26-19-17(13)18(23)24-9-25-19/h1-9H,(H2,23,24,25,26). The lowest BCUT2D eigenvalue weighted by Gasteiger charge is -2.11. The average molecular weight is 446 g/mol. The number of rotatable bonds is 2. The highest BCUT2D eigenvalue weighted by molar-refractivity contribution is 9.10. The highest BCUT2D eigenvalue weighted by atomic mass is 79.9. The Morgan fingerprint density at radius 3 is 2.50 bits per heavy atom. The maximum Gasteiger partial charge on any atom is 0.165 e. The molecule has 0 unspecified atom stereocenters. The maximum absolute atomic E-state index is 6.17. The molecule has 0 aliphatic heterocycles. The first-order valence-electron chi connectivity index (χ1n) is 7.65. The molecular formula is C19H11BrCl2N4. The van der Waals surface area contributed by atoms with Crippen molar-refractivity contribution in [1.82, 2.24) is 15.0 Å². The molecule has 0 fully saturated rings. The summed E-state index contributed by atoms with van der Waals surface area (Å²) in [5.74, 6) is 0.387. The van der Waals surface area contributed by atoms with Gasteiger partial charge in [0, 0.05) is 10.0 Å². The smallest absolute Gasteiger partial charge is 0.165 e. The van der Waals surface area contributed by atoms with Gasteiger partial charge in [-0.05, 0) is 41.5 Å². The molecule has 0 radical (unpaired) electrons. The van der Waals surface area contributed by atoms with Gasteiger partial charge in [-0.15, -0.1) is 0 Å². The number of anilines is 1. The Morgan fingerprint density at radius 1 is 0.885 bits per heavy atom. The zero-order valence-corrected chi connectivity index (χ0v) is 16.3. The third kappa shape index (κ3) is 3.14. The fourth-order valence-corrected chi connectivity index (χ4v) is 3.47. The summed E-state index contributed by atoms with van der Waals surface area (Å²) in [5, 5.41) is 1.68. The Labute approximate surface area is 168 Å². The van der Waals surface area contributed by atoms with Crippen molar-refractivity contribution in [3.8, 4) is 22.4 Å². The Balaban J connectivity index is 2.04. The number of aromatic nitrogens is 3. The molecular weight excluding hydrogens is 435 g/mol. The second-order valence-corrected chi connectivity index (χ2v) is 7.38. The number of benzene rings is 2. The van der Waals surface area contributed by atoms with Gasteiger partial charge in [-0.25, -0.2) is 15.0 Å². The van der Waals surface area contributed by atoms with E-state index in [4.69, 9.17) is 28.9 Å². The van der Waals surface area contributed by atoms with Crippen molar-refractivity contribution in [2.75, 3.05) is 5.73 Å². The summed E-state index contributed by atoms with van der Waals surface area (Å²) >= 11 is 15.7. The van der Waals surface area contributed by atoms with Gasteiger partial charge in [0.25, 0.3) is 0 Å². The molecule has 2 N–H and O–H groups in total. The monoisotopic (exact) mass is 444 g/mol. The van der Waals surface area contributed by atoms with Crippen LogP contribution in [-0.2, 0) is 0 Å². The van der Waals surface area contributed by atoms with Gasteiger partial charge in [-0.2, -0.15) is 0 Å². The second-order valence-electron chi connectivity index (χ2n) is 5.65. The highest BCUT2D eigenvalue weighted by Crippen LogP contribution is 2.35. The molecule has 0 amide bonds. The molecule has 4 rings (SSSR count). The van der Waals surface area contributed by atoms with Gasteiger partial charge >= 0.3 is 0 Å². The first kappa shape index (κ1) is 17.2. The topological polar surface area (TPSA) is 64.7 Å². The average Bonchev–Trinajstić information content (AvgIpc) is 2.63. The van der Waals surface area contributed by atoms with E-state index in [1.807, 2.05) is 36.4 Å². The number of hydrogen-bond acceptors (Lipinski definition) is 4. The quantitative estimate of drug-likeness (QED) is 0.410. The Bertz CT molecular complexity index is 1150. The van der Waals surface area contributed by atoms with Crippen LogP contribution in [0.25, 0.3) is 33.4 Å². The largest absolute Gasteiger partial charge is 0.383 e. The number of fused-ring (bicyclic) bond motifs is 1.